The number of hydrogen-bond donors (Lipinski definition) is 0. The molecule has 3 aromatic rings. The van der Waals surface area contributed by atoms with Gasteiger partial charge in [-0.25, -0.2) is 17.6 Å². The number of alkyl halides is 3. The maximum absolute atomic E-state index is 15.7. The van der Waals surface area contributed by atoms with Crippen LogP contribution in [-0.2, 0) is 25.7 Å². The maximum Gasteiger partial charge on any atom is 0.573 e. The van der Waals surface area contributed by atoms with Gasteiger partial charge in [0.1, 0.15) is 5.82 Å². The Bertz CT molecular complexity index is 1370. The first-order valence-electron chi connectivity index (χ1n) is 14.3. The maximum atomic E-state index is 15.7. The van der Waals surface area contributed by atoms with Crippen LogP contribution in [0.2, 0.25) is 0 Å². The van der Waals surface area contributed by atoms with E-state index < -0.39 is 41.3 Å². The van der Waals surface area contributed by atoms with Gasteiger partial charge in [0, 0.05) is 5.56 Å². The second-order valence-corrected chi connectivity index (χ2v) is 11.4. The van der Waals surface area contributed by atoms with Gasteiger partial charge in [-0.1, -0.05) is 37.3 Å². The summed E-state index contributed by atoms with van der Waals surface area (Å²) >= 11 is 0. The van der Waals surface area contributed by atoms with E-state index in [1.807, 2.05) is 0 Å². The number of aryl methyl sites for hydroxylation is 2. The predicted octanol–water partition coefficient (Wildman–Crippen LogP) is 9.88. The fourth-order valence-electron chi connectivity index (χ4n) is 6.60. The highest BCUT2D eigenvalue weighted by molar-refractivity contribution is 5.41. The van der Waals surface area contributed by atoms with E-state index in [2.05, 4.69) is 35.9 Å². The number of fused-ring (bicyclic) bond motifs is 1. The quantitative estimate of drug-likeness (QED) is 0.200. The Morgan fingerprint density at radius 1 is 0.756 bits per heavy atom. The van der Waals surface area contributed by atoms with E-state index in [0.717, 1.165) is 31.4 Å². The van der Waals surface area contributed by atoms with Crippen LogP contribution in [0.25, 0.3) is 0 Å². The zero-order valence-corrected chi connectivity index (χ0v) is 22.9. The zero-order valence-electron chi connectivity index (χ0n) is 22.9. The summed E-state index contributed by atoms with van der Waals surface area (Å²) in [5.74, 6) is -5.29. The number of ether oxygens (including phenoxy) is 1. The molecule has 1 atom stereocenters. The average Bonchev–Trinajstić information content (AvgIpc) is 2.96. The second-order valence-electron chi connectivity index (χ2n) is 11.4. The molecule has 41 heavy (non-hydrogen) atoms. The van der Waals surface area contributed by atoms with Crippen molar-refractivity contribution in [3.63, 3.8) is 0 Å². The minimum Gasteiger partial charge on any atom is -0.403 e. The van der Waals surface area contributed by atoms with Crippen LogP contribution in [0.1, 0.15) is 90.7 Å². The molecule has 8 heteroatoms. The van der Waals surface area contributed by atoms with Gasteiger partial charge in [0.15, 0.2) is 23.2 Å². The molecule has 5 rings (SSSR count). The van der Waals surface area contributed by atoms with E-state index in [1.165, 1.54) is 17.2 Å². The molecule has 0 N–H and O–H groups in total. The molecule has 0 spiro atoms. The van der Waals surface area contributed by atoms with Gasteiger partial charge in [-0.3, -0.25) is 0 Å². The van der Waals surface area contributed by atoms with Crippen molar-refractivity contribution in [3.05, 3.63) is 99.1 Å². The van der Waals surface area contributed by atoms with Gasteiger partial charge in [-0.15, -0.1) is 13.2 Å². The van der Waals surface area contributed by atoms with Crippen molar-refractivity contribution in [1.29, 1.82) is 0 Å². The van der Waals surface area contributed by atoms with Crippen LogP contribution in [0.15, 0.2) is 42.5 Å². The minimum atomic E-state index is -5.00. The van der Waals surface area contributed by atoms with Crippen LogP contribution >= 0.6 is 0 Å². The van der Waals surface area contributed by atoms with Gasteiger partial charge >= 0.3 is 6.36 Å². The van der Waals surface area contributed by atoms with Crippen LogP contribution in [0.5, 0.6) is 5.75 Å². The summed E-state index contributed by atoms with van der Waals surface area (Å²) < 4.78 is 102. The highest BCUT2D eigenvalue weighted by atomic mass is 19.4. The van der Waals surface area contributed by atoms with Crippen molar-refractivity contribution in [2.24, 2.45) is 5.92 Å². The molecular formula is C33H33F7O. The molecule has 0 heterocycles. The van der Waals surface area contributed by atoms with Gasteiger partial charge in [-0.05, 0) is 122 Å². The lowest BCUT2D eigenvalue weighted by Crippen LogP contribution is -2.23. The summed E-state index contributed by atoms with van der Waals surface area (Å²) in [6.07, 6.45) is 0.637. The highest BCUT2D eigenvalue weighted by Gasteiger charge is 2.35. The van der Waals surface area contributed by atoms with Crippen LogP contribution in [0, 0.1) is 29.2 Å². The Hall–Kier alpha value is -3.03. The van der Waals surface area contributed by atoms with Crippen molar-refractivity contribution in [2.75, 3.05) is 0 Å². The van der Waals surface area contributed by atoms with Gasteiger partial charge in [0.25, 0.3) is 0 Å². The standard InChI is InChI=1S/C33H33F7O/c1-2-19-3-5-20(6-4-19)7-8-21-9-15-25-26(17-21)31(36)32(37)29(30(25)35)23-12-10-22(11-13-23)24-14-16-28(27(34)18-24)41-33(38,39)40/h3-6,14,16,18,21-23H,2,7-13,15,17H2,1H3. The molecule has 1 nitrogen and oxygen atoms in total. The summed E-state index contributed by atoms with van der Waals surface area (Å²) in [7, 11) is 0. The Morgan fingerprint density at radius 3 is 2.05 bits per heavy atom. The average molecular weight is 579 g/mol. The highest BCUT2D eigenvalue weighted by Crippen LogP contribution is 2.45. The number of halogens is 7. The first-order chi connectivity index (χ1) is 19.5. The van der Waals surface area contributed by atoms with Crippen LogP contribution in [0.3, 0.4) is 0 Å². The summed E-state index contributed by atoms with van der Waals surface area (Å²) in [5.41, 5.74) is 3.21. The largest absolute Gasteiger partial charge is 0.573 e. The Balaban J connectivity index is 1.25. The van der Waals surface area contributed by atoms with Gasteiger partial charge < -0.3 is 4.74 Å². The predicted molar refractivity (Wildman–Crippen MR) is 143 cm³/mol. The van der Waals surface area contributed by atoms with Crippen molar-refractivity contribution >= 4 is 0 Å². The smallest absolute Gasteiger partial charge is 0.403 e. The zero-order chi connectivity index (χ0) is 29.3. The lowest BCUT2D eigenvalue weighted by molar-refractivity contribution is -0.275. The van der Waals surface area contributed by atoms with E-state index in [9.17, 15) is 17.6 Å². The lowest BCUT2D eigenvalue weighted by atomic mass is 9.73. The number of benzene rings is 3. The summed E-state index contributed by atoms with van der Waals surface area (Å²) in [6.45, 7) is 2.10. The minimum absolute atomic E-state index is 0.149. The molecule has 0 bridgehead atoms. The van der Waals surface area contributed by atoms with Gasteiger partial charge in [-0.2, -0.15) is 0 Å². The van der Waals surface area contributed by atoms with Crippen LogP contribution in [0.4, 0.5) is 30.7 Å². The Kier molecular flexibility index (Phi) is 8.67. The topological polar surface area (TPSA) is 9.23 Å². The van der Waals surface area contributed by atoms with E-state index in [1.54, 1.807) is 0 Å². The van der Waals surface area contributed by atoms with Gasteiger partial charge in [0.2, 0.25) is 0 Å². The normalized spacial score (nSPS) is 21.0. The first kappa shape index (κ1) is 29.5. The van der Waals surface area contributed by atoms with Crippen molar-refractivity contribution in [2.45, 2.75) is 89.3 Å². The third-order valence-corrected chi connectivity index (χ3v) is 8.92. The monoisotopic (exact) mass is 578 g/mol. The Labute approximate surface area is 235 Å². The molecule has 1 saturated carbocycles. The van der Waals surface area contributed by atoms with E-state index in [-0.39, 0.29) is 28.5 Å². The molecule has 0 saturated heterocycles. The molecule has 0 amide bonds. The molecular weight excluding hydrogens is 545 g/mol. The van der Waals surface area contributed by atoms with Gasteiger partial charge in [0.05, 0.1) is 0 Å². The van der Waals surface area contributed by atoms with Crippen molar-refractivity contribution < 1.29 is 35.5 Å². The van der Waals surface area contributed by atoms with Crippen LogP contribution < -0.4 is 4.74 Å². The van der Waals surface area contributed by atoms with Crippen molar-refractivity contribution in [3.8, 4) is 5.75 Å². The number of rotatable bonds is 7. The van der Waals surface area contributed by atoms with E-state index in [4.69, 9.17) is 0 Å². The first-order valence-corrected chi connectivity index (χ1v) is 14.3. The fraction of sp³-hybridized carbons (Fsp3) is 0.455. The third-order valence-electron chi connectivity index (χ3n) is 8.92. The molecule has 220 valence electrons. The molecule has 1 fully saturated rings. The van der Waals surface area contributed by atoms with Crippen molar-refractivity contribution in [1.82, 2.24) is 0 Å². The van der Waals surface area contributed by atoms with E-state index in [0.29, 0.717) is 50.5 Å². The molecule has 0 radical (unpaired) electrons. The Morgan fingerprint density at radius 2 is 1.41 bits per heavy atom. The molecule has 0 aromatic heterocycles. The van der Waals surface area contributed by atoms with Crippen LogP contribution in [-0.4, -0.2) is 6.36 Å². The lowest BCUT2D eigenvalue weighted by Gasteiger charge is -2.32. The fourth-order valence-corrected chi connectivity index (χ4v) is 6.60. The summed E-state index contributed by atoms with van der Waals surface area (Å²) in [4.78, 5) is 0. The molecule has 2 aliphatic carbocycles. The summed E-state index contributed by atoms with van der Waals surface area (Å²) in [5, 5.41) is 0. The molecule has 0 aliphatic heterocycles. The third kappa shape index (κ3) is 6.57. The second kappa shape index (κ2) is 12.1. The summed E-state index contributed by atoms with van der Waals surface area (Å²) in [6, 6.07) is 11.7. The number of hydrogen-bond acceptors (Lipinski definition) is 1. The molecule has 3 aromatic carbocycles. The molecule has 2 aliphatic rings. The van der Waals surface area contributed by atoms with E-state index >= 15 is 13.2 Å². The molecule has 1 unspecified atom stereocenters. The SMILES string of the molecule is CCc1ccc(CCC2CCc3c(F)c(C4CCC(c5ccc(OC(F)(F)F)c(F)c5)CC4)c(F)c(F)c3C2)cc1.